The van der Waals surface area contributed by atoms with Crippen molar-refractivity contribution in [1.82, 2.24) is 9.78 Å². The van der Waals surface area contributed by atoms with Crippen LogP contribution in [-0.4, -0.2) is 30.7 Å². The molecule has 0 spiro atoms. The fraction of sp³-hybridized carbons (Fsp3) is 0.250. The summed E-state index contributed by atoms with van der Waals surface area (Å²) in [4.78, 5) is 13.0. The summed E-state index contributed by atoms with van der Waals surface area (Å²) in [6, 6.07) is 12.7. The lowest BCUT2D eigenvalue weighted by Crippen LogP contribution is -2.31. The molecule has 1 heterocycles. The van der Waals surface area contributed by atoms with Gasteiger partial charge in [0.1, 0.15) is 5.82 Å². The molecule has 0 bridgehead atoms. The third kappa shape index (κ3) is 4.96. The van der Waals surface area contributed by atoms with Gasteiger partial charge < -0.3 is 5.32 Å². The standard InChI is InChI=1S/C24H25ClN4O3S/c1-3-13-29(22-10-5-4-9-21(22)25)33(31,32)20-8-6-7-19(14-20)24(30)27-23-17(2)15-26-28(23)16-18-11-12-18/h3-10,14-15,18H,1,11-13,16H2,2H3,(H,27,30). The highest BCUT2D eigenvalue weighted by molar-refractivity contribution is 7.92. The zero-order valence-electron chi connectivity index (χ0n) is 18.2. The molecular formula is C24H25ClN4O3S. The summed E-state index contributed by atoms with van der Waals surface area (Å²) >= 11 is 6.27. The van der Waals surface area contributed by atoms with Crippen LogP contribution in [0.4, 0.5) is 11.5 Å². The number of benzene rings is 2. The van der Waals surface area contributed by atoms with Gasteiger partial charge in [-0.15, -0.1) is 6.58 Å². The van der Waals surface area contributed by atoms with Crippen LogP contribution in [0.2, 0.25) is 5.02 Å². The van der Waals surface area contributed by atoms with Crippen LogP contribution in [0.3, 0.4) is 0 Å². The minimum absolute atomic E-state index is 0.0138. The van der Waals surface area contributed by atoms with Gasteiger partial charge in [-0.25, -0.2) is 13.1 Å². The van der Waals surface area contributed by atoms with E-state index in [2.05, 4.69) is 17.0 Å². The summed E-state index contributed by atoms with van der Waals surface area (Å²) in [6.07, 6.45) is 5.54. The van der Waals surface area contributed by atoms with Gasteiger partial charge in [-0.2, -0.15) is 5.10 Å². The fourth-order valence-corrected chi connectivity index (χ4v) is 5.32. The van der Waals surface area contributed by atoms with Crippen LogP contribution in [0.1, 0.15) is 28.8 Å². The highest BCUT2D eigenvalue weighted by Crippen LogP contribution is 2.32. The zero-order chi connectivity index (χ0) is 23.6. The number of para-hydroxylation sites is 1. The maximum Gasteiger partial charge on any atom is 0.264 e. The smallest absolute Gasteiger partial charge is 0.264 e. The number of hydrogen-bond acceptors (Lipinski definition) is 4. The van der Waals surface area contributed by atoms with E-state index in [9.17, 15) is 13.2 Å². The molecule has 1 amide bonds. The molecule has 0 radical (unpaired) electrons. The molecule has 1 fully saturated rings. The average Bonchev–Trinajstić information content (AvgIpc) is 3.57. The van der Waals surface area contributed by atoms with E-state index in [0.717, 1.165) is 12.1 Å². The van der Waals surface area contributed by atoms with Crippen molar-refractivity contribution in [3.8, 4) is 0 Å². The number of nitrogens with zero attached hydrogens (tertiary/aromatic N) is 3. The summed E-state index contributed by atoms with van der Waals surface area (Å²) in [5, 5.41) is 7.56. The number of halogens is 1. The monoisotopic (exact) mass is 484 g/mol. The van der Waals surface area contributed by atoms with E-state index in [0.29, 0.717) is 22.4 Å². The van der Waals surface area contributed by atoms with Crippen molar-refractivity contribution >= 4 is 39.0 Å². The molecule has 3 aromatic rings. The van der Waals surface area contributed by atoms with Gasteiger partial charge in [0.25, 0.3) is 15.9 Å². The molecule has 0 saturated heterocycles. The Morgan fingerprint density at radius 2 is 2.03 bits per heavy atom. The molecule has 0 aliphatic heterocycles. The Kier molecular flexibility index (Phi) is 6.58. The van der Waals surface area contributed by atoms with E-state index in [1.165, 1.54) is 35.4 Å². The Morgan fingerprint density at radius 1 is 1.27 bits per heavy atom. The first-order valence-corrected chi connectivity index (χ1v) is 12.4. The van der Waals surface area contributed by atoms with Crippen molar-refractivity contribution in [1.29, 1.82) is 0 Å². The predicted octanol–water partition coefficient (Wildman–Crippen LogP) is 4.89. The van der Waals surface area contributed by atoms with Gasteiger partial charge in [0, 0.05) is 17.7 Å². The molecule has 4 rings (SSSR count). The summed E-state index contributed by atoms with van der Waals surface area (Å²) in [6.45, 7) is 6.33. The number of anilines is 2. The van der Waals surface area contributed by atoms with Gasteiger partial charge in [0.2, 0.25) is 0 Å². The quantitative estimate of drug-likeness (QED) is 0.438. The molecule has 9 heteroatoms. The molecule has 7 nitrogen and oxygen atoms in total. The third-order valence-electron chi connectivity index (χ3n) is 5.48. The molecule has 1 aliphatic carbocycles. The molecule has 1 saturated carbocycles. The predicted molar refractivity (Wildman–Crippen MR) is 130 cm³/mol. The first-order valence-electron chi connectivity index (χ1n) is 10.6. The maximum atomic E-state index is 13.5. The van der Waals surface area contributed by atoms with Crippen LogP contribution in [0, 0.1) is 12.8 Å². The van der Waals surface area contributed by atoms with Crippen LogP contribution in [0.25, 0.3) is 0 Å². The van der Waals surface area contributed by atoms with Gasteiger partial charge in [0.15, 0.2) is 0 Å². The van der Waals surface area contributed by atoms with Crippen molar-refractivity contribution < 1.29 is 13.2 Å². The average molecular weight is 485 g/mol. The van der Waals surface area contributed by atoms with Gasteiger partial charge in [-0.05, 0) is 56.0 Å². The Bertz CT molecular complexity index is 1300. The molecule has 1 aliphatic rings. The molecule has 33 heavy (non-hydrogen) atoms. The number of aryl methyl sites for hydroxylation is 1. The molecular weight excluding hydrogens is 460 g/mol. The van der Waals surface area contributed by atoms with Crippen LogP contribution in [-0.2, 0) is 16.6 Å². The number of nitrogens with one attached hydrogen (secondary N) is 1. The SMILES string of the molecule is C=CCN(c1ccccc1Cl)S(=O)(=O)c1cccc(C(=O)Nc2c(C)cnn2CC2CC2)c1. The van der Waals surface area contributed by atoms with Gasteiger partial charge in [0.05, 0.1) is 28.3 Å². The normalized spacial score (nSPS) is 13.5. The minimum atomic E-state index is -4.00. The minimum Gasteiger partial charge on any atom is -0.307 e. The first kappa shape index (κ1) is 23.1. The van der Waals surface area contributed by atoms with Crippen molar-refractivity contribution in [3.63, 3.8) is 0 Å². The lowest BCUT2D eigenvalue weighted by atomic mass is 10.2. The second kappa shape index (κ2) is 9.41. The summed E-state index contributed by atoms with van der Waals surface area (Å²) in [7, 11) is -4.00. The van der Waals surface area contributed by atoms with Crippen molar-refractivity contribution in [2.24, 2.45) is 5.92 Å². The summed E-state index contributed by atoms with van der Waals surface area (Å²) in [5.74, 6) is 0.819. The molecule has 2 aromatic carbocycles. The lowest BCUT2D eigenvalue weighted by molar-refractivity contribution is 0.102. The molecule has 0 unspecified atom stereocenters. The Morgan fingerprint density at radius 3 is 2.73 bits per heavy atom. The Balaban J connectivity index is 1.63. The second-order valence-corrected chi connectivity index (χ2v) is 10.3. The maximum absolute atomic E-state index is 13.5. The summed E-state index contributed by atoms with van der Waals surface area (Å²) in [5.41, 5.74) is 1.42. The molecule has 172 valence electrons. The number of rotatable bonds is 9. The van der Waals surface area contributed by atoms with E-state index in [4.69, 9.17) is 11.6 Å². The van der Waals surface area contributed by atoms with E-state index in [1.807, 2.05) is 6.92 Å². The highest BCUT2D eigenvalue weighted by atomic mass is 35.5. The number of carbonyl (C=O) groups excluding carboxylic acids is 1. The van der Waals surface area contributed by atoms with Gasteiger partial charge in [-0.1, -0.05) is 35.9 Å². The number of sulfonamides is 1. The van der Waals surface area contributed by atoms with Crippen LogP contribution in [0.5, 0.6) is 0 Å². The first-order chi connectivity index (χ1) is 15.8. The number of aromatic nitrogens is 2. The van der Waals surface area contributed by atoms with Crippen LogP contribution < -0.4 is 9.62 Å². The van der Waals surface area contributed by atoms with Crippen molar-refractivity contribution in [2.45, 2.75) is 31.2 Å². The fourth-order valence-electron chi connectivity index (χ4n) is 3.53. The zero-order valence-corrected chi connectivity index (χ0v) is 19.8. The van der Waals surface area contributed by atoms with Crippen molar-refractivity contribution in [3.05, 3.63) is 83.5 Å². The number of amides is 1. The molecule has 1 aromatic heterocycles. The highest BCUT2D eigenvalue weighted by Gasteiger charge is 2.27. The van der Waals surface area contributed by atoms with Gasteiger partial charge >= 0.3 is 0 Å². The topological polar surface area (TPSA) is 84.3 Å². The van der Waals surface area contributed by atoms with Gasteiger partial charge in [-0.3, -0.25) is 9.10 Å². The number of hydrogen-bond donors (Lipinski definition) is 1. The van der Waals surface area contributed by atoms with Crippen molar-refractivity contribution in [2.75, 3.05) is 16.2 Å². The van der Waals surface area contributed by atoms with Crippen LogP contribution in [0.15, 0.2) is 72.3 Å². The molecule has 0 atom stereocenters. The number of carbonyl (C=O) groups is 1. The van der Waals surface area contributed by atoms with E-state index < -0.39 is 15.9 Å². The Labute approximate surface area is 198 Å². The van der Waals surface area contributed by atoms with Crippen LogP contribution >= 0.6 is 11.6 Å². The lowest BCUT2D eigenvalue weighted by Gasteiger charge is -2.24. The summed E-state index contributed by atoms with van der Waals surface area (Å²) < 4.78 is 29.9. The second-order valence-electron chi connectivity index (χ2n) is 8.06. The molecule has 1 N–H and O–H groups in total. The van der Waals surface area contributed by atoms with E-state index in [1.54, 1.807) is 47.3 Å². The largest absolute Gasteiger partial charge is 0.307 e. The van der Waals surface area contributed by atoms with E-state index >= 15 is 0 Å². The Hall–Kier alpha value is -3.10. The van der Waals surface area contributed by atoms with E-state index in [-0.39, 0.29) is 17.0 Å². The third-order valence-corrected chi connectivity index (χ3v) is 7.58.